The van der Waals surface area contributed by atoms with Crippen LogP contribution in [-0.2, 0) is 0 Å². The molecule has 1 aliphatic carbocycles. The molecule has 1 saturated carbocycles. The van der Waals surface area contributed by atoms with Crippen molar-refractivity contribution in [2.45, 2.75) is 51.4 Å². The molecular weight excluding hydrogens is 550 g/mol. The quantitative estimate of drug-likeness (QED) is 0.190. The Morgan fingerprint density at radius 3 is 1.71 bits per heavy atom. The van der Waals surface area contributed by atoms with E-state index >= 15 is 0 Å². The van der Waals surface area contributed by atoms with Crippen molar-refractivity contribution in [2.75, 3.05) is 54.0 Å². The molecule has 45 heavy (non-hydrogen) atoms. The molecule has 5 heterocycles. The highest BCUT2D eigenvalue weighted by Gasteiger charge is 2.34. The van der Waals surface area contributed by atoms with Gasteiger partial charge in [0.25, 0.3) is 0 Å². The first-order valence-corrected chi connectivity index (χ1v) is 17.5. The average molecular weight is 594 g/mol. The summed E-state index contributed by atoms with van der Waals surface area (Å²) in [6.45, 7) is 6.97. The maximum absolute atomic E-state index is 5.16. The molecule has 2 atom stereocenters. The Bertz CT molecular complexity index is 1820. The van der Waals surface area contributed by atoms with Gasteiger partial charge < -0.3 is 14.7 Å². The van der Waals surface area contributed by atoms with Gasteiger partial charge in [0.05, 0.1) is 16.7 Å². The number of fused-ring (bicyclic) bond motifs is 4. The fourth-order valence-electron chi connectivity index (χ4n) is 8.90. The topological polar surface area (TPSA) is 35.5 Å². The highest BCUT2D eigenvalue weighted by Crippen LogP contribution is 2.43. The van der Waals surface area contributed by atoms with E-state index in [1.807, 2.05) is 6.20 Å². The van der Waals surface area contributed by atoms with Crippen LogP contribution in [0.25, 0.3) is 44.1 Å². The summed E-state index contributed by atoms with van der Waals surface area (Å²) in [5.41, 5.74) is 11.0. The van der Waals surface area contributed by atoms with Crippen molar-refractivity contribution < 1.29 is 0 Å². The third kappa shape index (κ3) is 4.83. The van der Waals surface area contributed by atoms with Gasteiger partial charge in [0.2, 0.25) is 0 Å². The van der Waals surface area contributed by atoms with Gasteiger partial charge in [-0.2, -0.15) is 0 Å². The first-order valence-electron chi connectivity index (χ1n) is 17.5. The SMILES string of the molecule is c1cc(-c2ccc(N3CCCC3)cc2)c2ccc3c(N4CCCC4)c(-c4ccc(N5CC6CCCCC6C5)cc4)cnc3c2n1. The molecule has 3 saturated heterocycles. The van der Waals surface area contributed by atoms with Crippen LogP contribution >= 0.6 is 0 Å². The lowest BCUT2D eigenvalue weighted by molar-refractivity contribution is 0.299. The number of anilines is 3. The number of nitrogens with zero attached hydrogens (tertiary/aromatic N) is 5. The van der Waals surface area contributed by atoms with Gasteiger partial charge in [-0.1, -0.05) is 43.2 Å². The molecule has 0 amide bonds. The van der Waals surface area contributed by atoms with Gasteiger partial charge in [0.1, 0.15) is 0 Å². The van der Waals surface area contributed by atoms with E-state index in [0.717, 1.165) is 36.0 Å². The second-order valence-electron chi connectivity index (χ2n) is 13.9. The largest absolute Gasteiger partial charge is 0.372 e. The summed E-state index contributed by atoms with van der Waals surface area (Å²) >= 11 is 0. The van der Waals surface area contributed by atoms with Crippen molar-refractivity contribution >= 4 is 38.9 Å². The summed E-state index contributed by atoms with van der Waals surface area (Å²) < 4.78 is 0. The van der Waals surface area contributed by atoms with Gasteiger partial charge in [-0.25, -0.2) is 0 Å². The highest BCUT2D eigenvalue weighted by atomic mass is 15.2. The summed E-state index contributed by atoms with van der Waals surface area (Å²) in [4.78, 5) is 17.8. The Morgan fingerprint density at radius 2 is 1.04 bits per heavy atom. The molecule has 0 bridgehead atoms. The molecule has 228 valence electrons. The summed E-state index contributed by atoms with van der Waals surface area (Å²) in [6.07, 6.45) is 14.8. The minimum atomic E-state index is 0.892. The lowest BCUT2D eigenvalue weighted by Crippen LogP contribution is -2.20. The van der Waals surface area contributed by atoms with Crippen molar-refractivity contribution in [1.29, 1.82) is 0 Å². The van der Waals surface area contributed by atoms with E-state index in [4.69, 9.17) is 9.97 Å². The highest BCUT2D eigenvalue weighted by molar-refractivity contribution is 6.13. The molecule has 0 N–H and O–H groups in total. The fourth-order valence-corrected chi connectivity index (χ4v) is 8.90. The summed E-state index contributed by atoms with van der Waals surface area (Å²) in [7, 11) is 0. The van der Waals surface area contributed by atoms with Crippen molar-refractivity contribution in [2.24, 2.45) is 11.8 Å². The second-order valence-corrected chi connectivity index (χ2v) is 13.9. The van der Waals surface area contributed by atoms with E-state index in [1.165, 1.54) is 128 Å². The van der Waals surface area contributed by atoms with Crippen LogP contribution in [0, 0.1) is 11.8 Å². The first-order chi connectivity index (χ1) is 22.3. The Morgan fingerprint density at radius 1 is 0.489 bits per heavy atom. The number of hydrogen-bond donors (Lipinski definition) is 0. The van der Waals surface area contributed by atoms with Gasteiger partial charge >= 0.3 is 0 Å². The lowest BCUT2D eigenvalue weighted by Gasteiger charge is -2.24. The minimum Gasteiger partial charge on any atom is -0.372 e. The van der Waals surface area contributed by atoms with Crippen LogP contribution in [0.1, 0.15) is 51.4 Å². The van der Waals surface area contributed by atoms with Crippen molar-refractivity contribution in [3.8, 4) is 22.3 Å². The summed E-state index contributed by atoms with van der Waals surface area (Å²) in [5.74, 6) is 1.78. The number of rotatable bonds is 5. The molecule has 4 fully saturated rings. The number of pyridine rings is 2. The third-order valence-corrected chi connectivity index (χ3v) is 11.3. The van der Waals surface area contributed by atoms with Crippen LogP contribution in [0.5, 0.6) is 0 Å². The van der Waals surface area contributed by atoms with E-state index in [9.17, 15) is 0 Å². The van der Waals surface area contributed by atoms with Crippen LogP contribution in [0.2, 0.25) is 0 Å². The van der Waals surface area contributed by atoms with E-state index < -0.39 is 0 Å². The van der Waals surface area contributed by atoms with E-state index in [1.54, 1.807) is 0 Å². The minimum absolute atomic E-state index is 0.892. The Labute approximate surface area is 266 Å². The molecular formula is C40H43N5. The molecule has 5 heteroatoms. The van der Waals surface area contributed by atoms with E-state index in [2.05, 4.69) is 87.6 Å². The molecule has 3 aliphatic heterocycles. The number of aromatic nitrogens is 2. The Hall–Kier alpha value is -4.12. The Kier molecular flexibility index (Phi) is 6.86. The zero-order valence-electron chi connectivity index (χ0n) is 26.3. The molecule has 3 aromatic carbocycles. The first kappa shape index (κ1) is 27.2. The van der Waals surface area contributed by atoms with Crippen LogP contribution in [-0.4, -0.2) is 49.2 Å². The van der Waals surface area contributed by atoms with Gasteiger partial charge in [-0.05, 0) is 103 Å². The van der Waals surface area contributed by atoms with Crippen LogP contribution < -0.4 is 14.7 Å². The van der Waals surface area contributed by atoms with Gasteiger partial charge in [-0.15, -0.1) is 0 Å². The Balaban J connectivity index is 1.09. The standard InChI is InChI=1S/C40H43N5/c1-2-8-31-27-45(26-30(31)7-1)33-15-11-29(12-16-33)37-25-42-39-36(40(37)44-23-5-6-24-44)18-17-35-34(19-20-41-38(35)39)28-9-13-32(14-10-28)43-21-3-4-22-43/h9-20,25,30-31H,1-8,21-24,26-27H2. The third-order valence-electron chi connectivity index (χ3n) is 11.3. The van der Waals surface area contributed by atoms with Crippen LogP contribution in [0.15, 0.2) is 79.1 Å². The lowest BCUT2D eigenvalue weighted by atomic mass is 9.82. The summed E-state index contributed by atoms with van der Waals surface area (Å²) in [5, 5.41) is 2.38. The molecule has 5 nitrogen and oxygen atoms in total. The number of hydrogen-bond acceptors (Lipinski definition) is 5. The maximum Gasteiger partial charge on any atom is 0.0986 e. The molecule has 9 rings (SSSR count). The zero-order valence-corrected chi connectivity index (χ0v) is 26.3. The van der Waals surface area contributed by atoms with Gasteiger partial charge in [0, 0.05) is 79.4 Å². The molecule has 5 aromatic rings. The molecule has 0 radical (unpaired) electrons. The molecule has 4 aliphatic rings. The van der Waals surface area contributed by atoms with Gasteiger partial charge in [-0.3, -0.25) is 9.97 Å². The molecule has 0 spiro atoms. The number of benzene rings is 3. The predicted octanol–water partition coefficient (Wildman–Crippen LogP) is 8.94. The molecule has 2 unspecified atom stereocenters. The van der Waals surface area contributed by atoms with E-state index in [0.29, 0.717) is 0 Å². The second kappa shape index (κ2) is 11.3. The summed E-state index contributed by atoms with van der Waals surface area (Å²) in [6, 6.07) is 25.3. The maximum atomic E-state index is 5.16. The smallest absolute Gasteiger partial charge is 0.0986 e. The predicted molar refractivity (Wildman–Crippen MR) is 188 cm³/mol. The van der Waals surface area contributed by atoms with Crippen molar-refractivity contribution in [3.63, 3.8) is 0 Å². The normalized spacial score (nSPS) is 21.7. The average Bonchev–Trinajstić information content (AvgIpc) is 3.90. The fraction of sp³-hybridized carbons (Fsp3) is 0.400. The van der Waals surface area contributed by atoms with Crippen molar-refractivity contribution in [1.82, 2.24) is 9.97 Å². The monoisotopic (exact) mass is 593 g/mol. The van der Waals surface area contributed by atoms with Crippen molar-refractivity contribution in [3.05, 3.63) is 79.1 Å². The van der Waals surface area contributed by atoms with Crippen LogP contribution in [0.3, 0.4) is 0 Å². The molecule has 2 aromatic heterocycles. The zero-order chi connectivity index (χ0) is 29.7. The van der Waals surface area contributed by atoms with Gasteiger partial charge in [0.15, 0.2) is 0 Å². The van der Waals surface area contributed by atoms with E-state index in [-0.39, 0.29) is 0 Å². The van der Waals surface area contributed by atoms with Crippen LogP contribution in [0.4, 0.5) is 17.1 Å².